The molecule has 1 aromatic carbocycles. The molecule has 2 N–H and O–H groups in total. The van der Waals surface area contributed by atoms with Gasteiger partial charge in [0.1, 0.15) is 17.5 Å². The summed E-state index contributed by atoms with van der Waals surface area (Å²) in [6.45, 7) is 2.91. The molecule has 1 amide bonds. The molecule has 1 saturated carbocycles. The Morgan fingerprint density at radius 3 is 2.38 bits per heavy atom. The summed E-state index contributed by atoms with van der Waals surface area (Å²) >= 11 is 0. The van der Waals surface area contributed by atoms with E-state index in [4.69, 9.17) is 0 Å². The predicted molar refractivity (Wildman–Crippen MR) is 104 cm³/mol. The SMILES string of the molecule is CC(O)C(=O)N1CCN(c2cc3c(cc2F)c(=O)c(C(=O)O)cn3C2CC2)CC1. The summed E-state index contributed by atoms with van der Waals surface area (Å²) in [6, 6.07) is 2.82. The number of fused-ring (bicyclic) bond motifs is 1. The number of carboxylic acid groups (broad SMARTS) is 1. The average molecular weight is 403 g/mol. The van der Waals surface area contributed by atoms with Crippen LogP contribution in [0.4, 0.5) is 10.1 Å². The fraction of sp³-hybridized carbons (Fsp3) is 0.450. The average Bonchev–Trinajstić information content (AvgIpc) is 3.52. The highest BCUT2D eigenvalue weighted by molar-refractivity contribution is 5.93. The van der Waals surface area contributed by atoms with E-state index in [0.29, 0.717) is 37.4 Å². The van der Waals surface area contributed by atoms with Crippen LogP contribution in [0, 0.1) is 5.82 Å². The van der Waals surface area contributed by atoms with Gasteiger partial charge in [0.2, 0.25) is 5.43 Å². The van der Waals surface area contributed by atoms with Gasteiger partial charge in [0, 0.05) is 43.8 Å². The highest BCUT2D eigenvalue weighted by Crippen LogP contribution is 2.38. The van der Waals surface area contributed by atoms with Crippen molar-refractivity contribution in [1.82, 2.24) is 9.47 Å². The van der Waals surface area contributed by atoms with Crippen molar-refractivity contribution in [2.75, 3.05) is 31.1 Å². The summed E-state index contributed by atoms with van der Waals surface area (Å²) in [7, 11) is 0. The number of carbonyl (C=O) groups is 2. The van der Waals surface area contributed by atoms with Crippen molar-refractivity contribution in [1.29, 1.82) is 0 Å². The third-order valence-corrected chi connectivity index (χ3v) is 5.56. The van der Waals surface area contributed by atoms with E-state index in [1.54, 1.807) is 20.4 Å². The highest BCUT2D eigenvalue weighted by atomic mass is 19.1. The molecule has 29 heavy (non-hydrogen) atoms. The number of aromatic carboxylic acids is 1. The molecule has 1 aromatic heterocycles. The number of carboxylic acids is 1. The lowest BCUT2D eigenvalue weighted by atomic mass is 10.1. The van der Waals surface area contributed by atoms with Crippen molar-refractivity contribution in [3.63, 3.8) is 0 Å². The Morgan fingerprint density at radius 2 is 1.83 bits per heavy atom. The van der Waals surface area contributed by atoms with E-state index in [9.17, 15) is 29.0 Å². The van der Waals surface area contributed by atoms with E-state index < -0.39 is 23.3 Å². The first-order chi connectivity index (χ1) is 13.8. The van der Waals surface area contributed by atoms with Gasteiger partial charge >= 0.3 is 5.97 Å². The molecule has 1 aliphatic heterocycles. The number of pyridine rings is 1. The third-order valence-electron chi connectivity index (χ3n) is 5.56. The first kappa shape index (κ1) is 19.4. The molecule has 9 heteroatoms. The first-order valence-corrected chi connectivity index (χ1v) is 9.61. The van der Waals surface area contributed by atoms with Gasteiger partial charge in [0.15, 0.2) is 0 Å². The van der Waals surface area contributed by atoms with Crippen molar-refractivity contribution in [3.8, 4) is 0 Å². The standard InChI is InChI=1S/C20H22FN3O5/c1-11(25)19(27)23-6-4-22(5-7-23)17-9-16-13(8-15(17)21)18(26)14(20(28)29)10-24(16)12-2-3-12/h8-12,25H,2-7H2,1H3,(H,28,29). The number of benzene rings is 1. The summed E-state index contributed by atoms with van der Waals surface area (Å²) in [5.41, 5.74) is -0.219. The van der Waals surface area contributed by atoms with Gasteiger partial charge in [-0.05, 0) is 31.9 Å². The zero-order valence-corrected chi connectivity index (χ0v) is 16.0. The molecular formula is C20H22FN3O5. The van der Waals surface area contributed by atoms with Crippen molar-refractivity contribution in [2.45, 2.75) is 31.9 Å². The van der Waals surface area contributed by atoms with Gasteiger partial charge in [-0.3, -0.25) is 9.59 Å². The summed E-state index contributed by atoms with van der Waals surface area (Å²) in [5, 5.41) is 18.8. The van der Waals surface area contributed by atoms with Crippen molar-refractivity contribution >= 4 is 28.5 Å². The number of hydrogen-bond donors (Lipinski definition) is 2. The van der Waals surface area contributed by atoms with Gasteiger partial charge in [-0.2, -0.15) is 0 Å². The van der Waals surface area contributed by atoms with Gasteiger partial charge in [0.05, 0.1) is 11.2 Å². The molecule has 2 heterocycles. The van der Waals surface area contributed by atoms with Crippen LogP contribution in [0.3, 0.4) is 0 Å². The fourth-order valence-electron chi connectivity index (χ4n) is 3.84. The Bertz CT molecular complexity index is 1050. The van der Waals surface area contributed by atoms with E-state index in [0.717, 1.165) is 18.9 Å². The lowest BCUT2D eigenvalue weighted by Gasteiger charge is -2.36. The van der Waals surface area contributed by atoms with Crippen LogP contribution in [0.2, 0.25) is 0 Å². The molecule has 1 unspecified atom stereocenters. The van der Waals surface area contributed by atoms with E-state index in [2.05, 4.69) is 0 Å². The molecule has 4 rings (SSSR count). The number of aromatic nitrogens is 1. The van der Waals surface area contributed by atoms with E-state index in [1.165, 1.54) is 13.1 Å². The zero-order valence-electron chi connectivity index (χ0n) is 16.0. The number of halogens is 1. The molecule has 1 saturated heterocycles. The second kappa shape index (κ2) is 7.14. The maximum absolute atomic E-state index is 14.9. The molecule has 2 aliphatic rings. The van der Waals surface area contributed by atoms with Gasteiger partial charge < -0.3 is 24.6 Å². The van der Waals surface area contributed by atoms with E-state index >= 15 is 0 Å². The Kier molecular flexibility index (Phi) is 4.77. The van der Waals surface area contributed by atoms with Crippen LogP contribution in [0.25, 0.3) is 10.9 Å². The second-order valence-electron chi connectivity index (χ2n) is 7.62. The normalized spacial score (nSPS) is 18.2. The van der Waals surface area contributed by atoms with Crippen molar-refractivity contribution in [3.05, 3.63) is 39.9 Å². The Balaban J connectivity index is 1.72. The molecule has 0 spiro atoms. The van der Waals surface area contributed by atoms with Crippen LogP contribution >= 0.6 is 0 Å². The number of rotatable bonds is 4. The highest BCUT2D eigenvalue weighted by Gasteiger charge is 2.29. The molecule has 8 nitrogen and oxygen atoms in total. The van der Waals surface area contributed by atoms with Crippen LogP contribution in [-0.4, -0.2) is 63.8 Å². The smallest absolute Gasteiger partial charge is 0.341 e. The van der Waals surface area contributed by atoms with E-state index in [-0.39, 0.29) is 22.9 Å². The summed E-state index contributed by atoms with van der Waals surface area (Å²) in [6.07, 6.45) is 2.04. The third kappa shape index (κ3) is 3.46. The minimum absolute atomic E-state index is 0.0565. The molecule has 0 radical (unpaired) electrons. The van der Waals surface area contributed by atoms with Crippen LogP contribution in [-0.2, 0) is 4.79 Å². The maximum Gasteiger partial charge on any atom is 0.341 e. The van der Waals surface area contributed by atoms with Crippen LogP contribution in [0.5, 0.6) is 0 Å². The lowest BCUT2D eigenvalue weighted by molar-refractivity contribution is -0.139. The Morgan fingerprint density at radius 1 is 1.17 bits per heavy atom. The number of piperazine rings is 1. The first-order valence-electron chi connectivity index (χ1n) is 9.61. The van der Waals surface area contributed by atoms with Crippen molar-refractivity contribution < 1.29 is 24.2 Å². The van der Waals surface area contributed by atoms with Gasteiger partial charge in [-0.1, -0.05) is 0 Å². The molecule has 2 fully saturated rings. The summed E-state index contributed by atoms with van der Waals surface area (Å²) in [5.74, 6) is -2.28. The van der Waals surface area contributed by atoms with Crippen LogP contribution < -0.4 is 10.3 Å². The molecule has 1 atom stereocenters. The second-order valence-corrected chi connectivity index (χ2v) is 7.62. The number of carbonyl (C=O) groups excluding carboxylic acids is 1. The van der Waals surface area contributed by atoms with Crippen molar-refractivity contribution in [2.24, 2.45) is 0 Å². The van der Waals surface area contributed by atoms with Crippen LogP contribution in [0.15, 0.2) is 23.1 Å². The zero-order chi connectivity index (χ0) is 20.9. The van der Waals surface area contributed by atoms with Gasteiger partial charge in [-0.15, -0.1) is 0 Å². The number of anilines is 1. The Hall–Kier alpha value is -2.94. The predicted octanol–water partition coefficient (Wildman–Crippen LogP) is 1.20. The molecular weight excluding hydrogens is 381 g/mol. The largest absolute Gasteiger partial charge is 0.477 e. The molecule has 0 bridgehead atoms. The lowest BCUT2D eigenvalue weighted by Crippen LogP contribution is -2.51. The maximum atomic E-state index is 14.9. The minimum atomic E-state index is -1.32. The Labute approximate surface area is 165 Å². The summed E-state index contributed by atoms with van der Waals surface area (Å²) in [4.78, 5) is 39.2. The topological polar surface area (TPSA) is 103 Å². The molecule has 2 aromatic rings. The number of amides is 1. The minimum Gasteiger partial charge on any atom is -0.477 e. The molecule has 1 aliphatic carbocycles. The monoisotopic (exact) mass is 403 g/mol. The quantitative estimate of drug-likeness (QED) is 0.795. The van der Waals surface area contributed by atoms with Crippen LogP contribution in [0.1, 0.15) is 36.2 Å². The number of aliphatic hydroxyl groups excluding tert-OH is 1. The number of hydrogen-bond acceptors (Lipinski definition) is 5. The summed E-state index contributed by atoms with van der Waals surface area (Å²) < 4.78 is 16.7. The molecule has 154 valence electrons. The fourth-order valence-corrected chi connectivity index (χ4v) is 3.84. The number of nitrogens with zero attached hydrogens (tertiary/aromatic N) is 3. The van der Waals surface area contributed by atoms with E-state index in [1.807, 2.05) is 0 Å². The van der Waals surface area contributed by atoms with Gasteiger partial charge in [-0.25, -0.2) is 9.18 Å². The number of aliphatic hydroxyl groups is 1. The van der Waals surface area contributed by atoms with Gasteiger partial charge in [0.25, 0.3) is 5.91 Å².